The number of carbonyl (C=O) groups excluding carboxylic acids is 1. The van der Waals surface area contributed by atoms with Crippen LogP contribution in [0.5, 0.6) is 5.75 Å². The van der Waals surface area contributed by atoms with Crippen molar-refractivity contribution in [2.45, 2.75) is 6.04 Å². The lowest BCUT2D eigenvalue weighted by Gasteiger charge is -2.22. The second-order valence-electron chi connectivity index (χ2n) is 7.36. The number of aromatic nitrogens is 2. The molecule has 1 atom stereocenters. The zero-order chi connectivity index (χ0) is 21.8. The van der Waals surface area contributed by atoms with Gasteiger partial charge in [0.15, 0.2) is 10.6 Å². The van der Waals surface area contributed by atoms with E-state index in [-0.39, 0.29) is 11.2 Å². The van der Waals surface area contributed by atoms with E-state index in [2.05, 4.69) is 9.97 Å². The molecule has 4 heterocycles. The third kappa shape index (κ3) is 2.66. The number of thiazole rings is 1. The molecule has 0 aliphatic carbocycles. The van der Waals surface area contributed by atoms with Gasteiger partial charge in [0.1, 0.15) is 11.3 Å². The zero-order valence-corrected chi connectivity index (χ0v) is 17.6. The molecular formula is C24H15N3O4S. The van der Waals surface area contributed by atoms with Gasteiger partial charge < -0.3 is 9.15 Å². The fourth-order valence-electron chi connectivity index (χ4n) is 4.09. The van der Waals surface area contributed by atoms with E-state index in [9.17, 15) is 9.59 Å². The molecule has 0 saturated heterocycles. The van der Waals surface area contributed by atoms with Gasteiger partial charge >= 0.3 is 0 Å². The van der Waals surface area contributed by atoms with Crippen molar-refractivity contribution in [2.24, 2.45) is 0 Å². The number of amides is 1. The Morgan fingerprint density at radius 3 is 2.78 bits per heavy atom. The van der Waals surface area contributed by atoms with E-state index in [0.717, 1.165) is 10.2 Å². The number of pyridine rings is 1. The number of carbonyl (C=O) groups is 1. The predicted molar refractivity (Wildman–Crippen MR) is 122 cm³/mol. The van der Waals surface area contributed by atoms with Crippen LogP contribution in [0.1, 0.15) is 27.7 Å². The van der Waals surface area contributed by atoms with Crippen LogP contribution in [-0.4, -0.2) is 23.0 Å². The van der Waals surface area contributed by atoms with Crippen molar-refractivity contribution in [1.29, 1.82) is 0 Å². The van der Waals surface area contributed by atoms with Gasteiger partial charge in [-0.2, -0.15) is 0 Å². The summed E-state index contributed by atoms with van der Waals surface area (Å²) in [6.07, 6.45) is 3.31. The van der Waals surface area contributed by atoms with Gasteiger partial charge in [-0.3, -0.25) is 19.5 Å². The SMILES string of the molecule is COc1ccc2nc(N3C(=O)c4oc5ccccc5c(=O)c4[C@@H]3c3cccnc3)sc2c1. The second kappa shape index (κ2) is 7.00. The largest absolute Gasteiger partial charge is 0.497 e. The first-order valence-electron chi connectivity index (χ1n) is 9.89. The van der Waals surface area contributed by atoms with Crippen LogP contribution < -0.4 is 15.1 Å². The molecule has 0 bridgehead atoms. The molecule has 1 amide bonds. The lowest BCUT2D eigenvalue weighted by Crippen LogP contribution is -2.29. The fraction of sp³-hybridized carbons (Fsp3) is 0.0833. The van der Waals surface area contributed by atoms with Crippen molar-refractivity contribution in [3.63, 3.8) is 0 Å². The average Bonchev–Trinajstić information content (AvgIpc) is 3.38. The third-order valence-electron chi connectivity index (χ3n) is 5.57. The molecule has 0 unspecified atom stereocenters. The molecule has 1 aliphatic rings. The Balaban J connectivity index is 1.62. The minimum Gasteiger partial charge on any atom is -0.497 e. The molecule has 156 valence electrons. The van der Waals surface area contributed by atoms with Gasteiger partial charge in [-0.15, -0.1) is 0 Å². The number of nitrogens with zero attached hydrogens (tertiary/aromatic N) is 3. The van der Waals surface area contributed by atoms with Crippen LogP contribution in [-0.2, 0) is 0 Å². The first kappa shape index (κ1) is 18.7. The maximum Gasteiger partial charge on any atom is 0.297 e. The van der Waals surface area contributed by atoms with Gasteiger partial charge in [0.2, 0.25) is 5.76 Å². The van der Waals surface area contributed by atoms with E-state index in [4.69, 9.17) is 9.15 Å². The van der Waals surface area contributed by atoms with Crippen LogP contribution in [0.25, 0.3) is 21.2 Å². The minimum absolute atomic E-state index is 0.0411. The van der Waals surface area contributed by atoms with E-state index in [1.54, 1.807) is 49.8 Å². The smallest absolute Gasteiger partial charge is 0.297 e. The highest BCUT2D eigenvalue weighted by Gasteiger charge is 2.45. The summed E-state index contributed by atoms with van der Waals surface area (Å²) in [5.41, 5.74) is 1.90. The third-order valence-corrected chi connectivity index (χ3v) is 6.59. The summed E-state index contributed by atoms with van der Waals surface area (Å²) in [6, 6.07) is 15.4. The van der Waals surface area contributed by atoms with Crippen LogP contribution in [0.2, 0.25) is 0 Å². The van der Waals surface area contributed by atoms with Crippen molar-refractivity contribution in [2.75, 3.05) is 12.0 Å². The molecule has 6 rings (SSSR count). The number of ether oxygens (including phenoxy) is 1. The highest BCUT2D eigenvalue weighted by atomic mass is 32.1. The fourth-order valence-corrected chi connectivity index (χ4v) is 5.11. The van der Waals surface area contributed by atoms with Gasteiger partial charge in [-0.25, -0.2) is 4.98 Å². The molecule has 2 aromatic carbocycles. The maximum atomic E-state index is 13.6. The number of para-hydroxylation sites is 1. The van der Waals surface area contributed by atoms with E-state index < -0.39 is 11.9 Å². The number of hydrogen-bond acceptors (Lipinski definition) is 7. The van der Waals surface area contributed by atoms with E-state index in [1.165, 1.54) is 16.2 Å². The van der Waals surface area contributed by atoms with Crippen LogP contribution in [0.3, 0.4) is 0 Å². The lowest BCUT2D eigenvalue weighted by atomic mass is 10.0. The Labute approximate surface area is 185 Å². The molecule has 0 fully saturated rings. The summed E-state index contributed by atoms with van der Waals surface area (Å²) in [4.78, 5) is 37.5. The van der Waals surface area contributed by atoms with Gasteiger partial charge in [0.25, 0.3) is 5.91 Å². The monoisotopic (exact) mass is 441 g/mol. The Hall–Kier alpha value is -4.04. The molecule has 0 radical (unpaired) electrons. The van der Waals surface area contributed by atoms with Gasteiger partial charge in [0.05, 0.1) is 34.3 Å². The summed E-state index contributed by atoms with van der Waals surface area (Å²) in [7, 11) is 1.60. The first-order chi connectivity index (χ1) is 15.7. The van der Waals surface area contributed by atoms with Crippen molar-refractivity contribution in [3.8, 4) is 5.75 Å². The predicted octanol–water partition coefficient (Wildman–Crippen LogP) is 4.56. The normalized spacial score (nSPS) is 15.5. The number of rotatable bonds is 3. The standard InChI is InChI=1S/C24H15N3O4S/c1-30-14-8-9-16-18(11-14)32-24(26-16)27-20(13-5-4-10-25-12-13)19-21(28)15-6-2-3-7-17(15)31-22(19)23(27)29/h2-12,20H,1H3/t20-/m0/s1. The molecule has 32 heavy (non-hydrogen) atoms. The number of hydrogen-bond donors (Lipinski definition) is 0. The van der Waals surface area contributed by atoms with Crippen LogP contribution in [0.15, 0.2) is 76.2 Å². The number of fused-ring (bicyclic) bond motifs is 3. The maximum absolute atomic E-state index is 13.6. The number of benzene rings is 2. The van der Waals surface area contributed by atoms with Crippen molar-refractivity contribution >= 4 is 43.6 Å². The molecule has 7 nitrogen and oxygen atoms in total. The summed E-state index contributed by atoms with van der Waals surface area (Å²) in [5, 5.41) is 0.908. The van der Waals surface area contributed by atoms with Crippen LogP contribution in [0.4, 0.5) is 5.13 Å². The van der Waals surface area contributed by atoms with Gasteiger partial charge in [0, 0.05) is 12.4 Å². The van der Waals surface area contributed by atoms with Crippen molar-refractivity contribution < 1.29 is 13.9 Å². The highest BCUT2D eigenvalue weighted by molar-refractivity contribution is 7.22. The Bertz CT molecular complexity index is 1580. The number of anilines is 1. The summed E-state index contributed by atoms with van der Waals surface area (Å²) in [5.74, 6) is 0.345. The van der Waals surface area contributed by atoms with E-state index in [1.807, 2.05) is 24.3 Å². The molecule has 0 saturated carbocycles. The Morgan fingerprint density at radius 1 is 1.09 bits per heavy atom. The summed E-state index contributed by atoms with van der Waals surface area (Å²) in [6.45, 7) is 0. The van der Waals surface area contributed by atoms with E-state index in [0.29, 0.717) is 33.0 Å². The molecular weight excluding hydrogens is 426 g/mol. The van der Waals surface area contributed by atoms with Crippen molar-refractivity contribution in [1.82, 2.24) is 9.97 Å². The van der Waals surface area contributed by atoms with Crippen LogP contribution >= 0.6 is 11.3 Å². The average molecular weight is 441 g/mol. The van der Waals surface area contributed by atoms with Gasteiger partial charge in [-0.05, 0) is 42.0 Å². The van der Waals surface area contributed by atoms with Crippen LogP contribution in [0, 0.1) is 0 Å². The zero-order valence-electron chi connectivity index (χ0n) is 16.8. The molecule has 8 heteroatoms. The molecule has 0 N–H and O–H groups in total. The quantitative estimate of drug-likeness (QED) is 0.408. The summed E-state index contributed by atoms with van der Waals surface area (Å²) >= 11 is 1.36. The van der Waals surface area contributed by atoms with Crippen molar-refractivity contribution in [3.05, 3.63) is 94.1 Å². The molecule has 3 aromatic heterocycles. The van der Waals surface area contributed by atoms with E-state index >= 15 is 0 Å². The first-order valence-corrected chi connectivity index (χ1v) is 10.7. The molecule has 5 aromatic rings. The second-order valence-corrected chi connectivity index (χ2v) is 8.37. The molecule has 1 aliphatic heterocycles. The minimum atomic E-state index is -0.686. The highest BCUT2D eigenvalue weighted by Crippen LogP contribution is 2.43. The Morgan fingerprint density at radius 2 is 1.97 bits per heavy atom. The topological polar surface area (TPSA) is 85.5 Å². The summed E-state index contributed by atoms with van der Waals surface area (Å²) < 4.78 is 12.1. The number of methoxy groups -OCH3 is 1. The molecule has 0 spiro atoms. The lowest BCUT2D eigenvalue weighted by molar-refractivity contribution is 0.0971. The van der Waals surface area contributed by atoms with Gasteiger partial charge in [-0.1, -0.05) is 29.5 Å². The Kier molecular flexibility index (Phi) is 4.09.